The van der Waals surface area contributed by atoms with E-state index in [2.05, 4.69) is 19.9 Å². The van der Waals surface area contributed by atoms with E-state index in [0.717, 1.165) is 5.57 Å². The van der Waals surface area contributed by atoms with Gasteiger partial charge in [0.05, 0.1) is 6.21 Å². The Kier molecular flexibility index (Phi) is 3.39. The van der Waals surface area contributed by atoms with Gasteiger partial charge < -0.3 is 11.2 Å². The second-order valence-corrected chi connectivity index (χ2v) is 2.97. The Morgan fingerprint density at radius 2 is 2.46 bits per heavy atom. The Morgan fingerprint density at radius 3 is 2.92 bits per heavy atom. The lowest BCUT2D eigenvalue weighted by molar-refractivity contribution is 0.909. The van der Waals surface area contributed by atoms with Gasteiger partial charge in [-0.05, 0) is 6.92 Å². The van der Waals surface area contributed by atoms with Crippen molar-refractivity contribution < 1.29 is 0 Å². The molecule has 1 aromatic heterocycles. The second-order valence-electron chi connectivity index (χ2n) is 2.18. The molecule has 6 heteroatoms. The number of nitrogens with zero attached hydrogens (tertiary/aromatic N) is 3. The molecule has 0 aliphatic carbocycles. The minimum absolute atomic E-state index is 0.465. The smallest absolute Gasteiger partial charge is 0.200 e. The summed E-state index contributed by atoms with van der Waals surface area (Å²) < 4.78 is 4.06. The van der Waals surface area contributed by atoms with Gasteiger partial charge in [0.15, 0.2) is 11.0 Å². The highest BCUT2D eigenvalue weighted by atomic mass is 32.1. The Morgan fingerprint density at radius 1 is 1.69 bits per heavy atom. The standard InChI is InChI=1S/C7H11N5S/c1-3-5(4-10-9-2)6-11-7(8)13-12-6/h3-4,9H,1-2H3,(H2,8,11,12)/b5-3+,10-4-. The molecule has 0 aromatic carbocycles. The lowest BCUT2D eigenvalue weighted by atomic mass is 10.3. The third-order valence-electron chi connectivity index (χ3n) is 1.34. The molecule has 0 fully saturated rings. The van der Waals surface area contributed by atoms with E-state index in [1.54, 1.807) is 13.3 Å². The molecular weight excluding hydrogens is 186 g/mol. The van der Waals surface area contributed by atoms with Crippen LogP contribution >= 0.6 is 11.5 Å². The number of anilines is 1. The van der Waals surface area contributed by atoms with Crippen molar-refractivity contribution in [1.29, 1.82) is 0 Å². The maximum absolute atomic E-state index is 5.46. The third-order valence-corrected chi connectivity index (χ3v) is 1.89. The summed E-state index contributed by atoms with van der Waals surface area (Å²) in [6.45, 7) is 1.90. The Bertz CT molecular complexity index is 327. The van der Waals surface area contributed by atoms with Crippen LogP contribution in [-0.2, 0) is 0 Å². The predicted octanol–water partition coefficient (Wildman–Crippen LogP) is 0.729. The van der Waals surface area contributed by atoms with Gasteiger partial charge in [0.2, 0.25) is 0 Å². The van der Waals surface area contributed by atoms with E-state index in [0.29, 0.717) is 11.0 Å². The lowest BCUT2D eigenvalue weighted by Gasteiger charge is -1.92. The topological polar surface area (TPSA) is 76.2 Å². The maximum atomic E-state index is 5.46. The Labute approximate surface area is 80.5 Å². The largest absolute Gasteiger partial charge is 0.374 e. The van der Waals surface area contributed by atoms with Crippen molar-refractivity contribution in [2.45, 2.75) is 6.92 Å². The minimum atomic E-state index is 0.465. The van der Waals surface area contributed by atoms with E-state index in [-0.39, 0.29) is 0 Å². The number of aromatic nitrogens is 2. The van der Waals surface area contributed by atoms with Crippen LogP contribution in [0.4, 0.5) is 5.13 Å². The Balaban J connectivity index is 2.86. The zero-order chi connectivity index (χ0) is 9.68. The first-order chi connectivity index (χ1) is 6.27. The first kappa shape index (κ1) is 9.66. The number of hydrogen-bond acceptors (Lipinski definition) is 6. The third kappa shape index (κ3) is 2.51. The maximum Gasteiger partial charge on any atom is 0.200 e. The average molecular weight is 197 g/mol. The van der Waals surface area contributed by atoms with E-state index in [9.17, 15) is 0 Å². The summed E-state index contributed by atoms with van der Waals surface area (Å²) in [5.41, 5.74) is 8.96. The zero-order valence-electron chi connectivity index (χ0n) is 7.48. The summed E-state index contributed by atoms with van der Waals surface area (Å²) in [4.78, 5) is 4.03. The highest BCUT2D eigenvalue weighted by molar-refractivity contribution is 7.09. The molecule has 0 aliphatic rings. The summed E-state index contributed by atoms with van der Waals surface area (Å²) >= 11 is 1.18. The van der Waals surface area contributed by atoms with Gasteiger partial charge in [-0.15, -0.1) is 0 Å². The molecule has 1 rings (SSSR count). The van der Waals surface area contributed by atoms with Crippen LogP contribution in [0.3, 0.4) is 0 Å². The van der Waals surface area contributed by atoms with Crippen LogP contribution in [0.5, 0.6) is 0 Å². The zero-order valence-corrected chi connectivity index (χ0v) is 8.30. The summed E-state index contributed by atoms with van der Waals surface area (Å²) in [6, 6.07) is 0. The van der Waals surface area contributed by atoms with Gasteiger partial charge >= 0.3 is 0 Å². The first-order valence-corrected chi connectivity index (χ1v) is 4.51. The molecule has 0 amide bonds. The number of hydrazone groups is 1. The molecule has 0 saturated carbocycles. The van der Waals surface area contributed by atoms with E-state index < -0.39 is 0 Å². The molecule has 0 saturated heterocycles. The molecular formula is C7H11N5S. The van der Waals surface area contributed by atoms with Crippen LogP contribution in [0.2, 0.25) is 0 Å². The fourth-order valence-electron chi connectivity index (χ4n) is 0.748. The summed E-state index contributed by atoms with van der Waals surface area (Å²) in [5, 5.41) is 4.33. The molecule has 1 aromatic rings. The number of rotatable bonds is 3. The van der Waals surface area contributed by atoms with Crippen LogP contribution in [0.15, 0.2) is 11.2 Å². The molecule has 3 N–H and O–H groups in total. The van der Waals surface area contributed by atoms with Crippen molar-refractivity contribution in [3.05, 3.63) is 11.9 Å². The molecule has 13 heavy (non-hydrogen) atoms. The van der Waals surface area contributed by atoms with Gasteiger partial charge in [-0.1, -0.05) is 6.08 Å². The molecule has 0 radical (unpaired) electrons. The summed E-state index contributed by atoms with van der Waals surface area (Å²) in [5.74, 6) is 0.615. The molecule has 0 unspecified atom stereocenters. The highest BCUT2D eigenvalue weighted by Gasteiger charge is 2.03. The molecule has 0 aliphatic heterocycles. The monoisotopic (exact) mass is 197 g/mol. The van der Waals surface area contributed by atoms with E-state index in [1.165, 1.54) is 11.5 Å². The van der Waals surface area contributed by atoms with Crippen LogP contribution < -0.4 is 11.2 Å². The van der Waals surface area contributed by atoms with Crippen molar-refractivity contribution >= 4 is 28.5 Å². The van der Waals surface area contributed by atoms with Gasteiger partial charge in [-0.2, -0.15) is 14.5 Å². The highest BCUT2D eigenvalue weighted by Crippen LogP contribution is 2.12. The van der Waals surface area contributed by atoms with Crippen molar-refractivity contribution in [1.82, 2.24) is 14.8 Å². The van der Waals surface area contributed by atoms with E-state index in [1.807, 2.05) is 13.0 Å². The fourth-order valence-corrected chi connectivity index (χ4v) is 1.20. The summed E-state index contributed by atoms with van der Waals surface area (Å²) in [7, 11) is 1.73. The molecule has 70 valence electrons. The molecule has 1 heterocycles. The number of nitrogens with two attached hydrogens (primary N) is 1. The normalized spacial score (nSPS) is 12.3. The predicted molar refractivity (Wildman–Crippen MR) is 55.5 cm³/mol. The van der Waals surface area contributed by atoms with Crippen molar-refractivity contribution in [2.75, 3.05) is 12.8 Å². The number of nitrogens with one attached hydrogen (secondary N) is 1. The van der Waals surface area contributed by atoms with Crippen molar-refractivity contribution in [3.63, 3.8) is 0 Å². The van der Waals surface area contributed by atoms with Crippen LogP contribution in [0, 0.1) is 0 Å². The van der Waals surface area contributed by atoms with Gasteiger partial charge in [0.25, 0.3) is 0 Å². The first-order valence-electron chi connectivity index (χ1n) is 3.73. The number of hydrogen-bond donors (Lipinski definition) is 2. The molecule has 0 bridgehead atoms. The quantitative estimate of drug-likeness (QED) is 0.553. The number of nitrogen functional groups attached to an aromatic ring is 1. The van der Waals surface area contributed by atoms with Gasteiger partial charge in [-0.25, -0.2) is 0 Å². The number of allylic oxidation sites excluding steroid dienone is 2. The average Bonchev–Trinajstić information content (AvgIpc) is 2.54. The van der Waals surface area contributed by atoms with Crippen LogP contribution in [0.25, 0.3) is 5.57 Å². The molecule has 0 spiro atoms. The van der Waals surface area contributed by atoms with Gasteiger partial charge in [0.1, 0.15) is 0 Å². The second kappa shape index (κ2) is 4.56. The molecule has 0 atom stereocenters. The van der Waals surface area contributed by atoms with Gasteiger partial charge in [-0.3, -0.25) is 0 Å². The van der Waals surface area contributed by atoms with E-state index >= 15 is 0 Å². The van der Waals surface area contributed by atoms with Crippen LogP contribution in [0.1, 0.15) is 12.7 Å². The summed E-state index contributed by atoms with van der Waals surface area (Å²) in [6.07, 6.45) is 3.53. The van der Waals surface area contributed by atoms with E-state index in [4.69, 9.17) is 5.73 Å². The van der Waals surface area contributed by atoms with Gasteiger partial charge in [0, 0.05) is 24.2 Å². The minimum Gasteiger partial charge on any atom is -0.374 e. The van der Waals surface area contributed by atoms with Crippen LogP contribution in [-0.4, -0.2) is 22.6 Å². The lowest BCUT2D eigenvalue weighted by Crippen LogP contribution is -1.96. The Hall–Kier alpha value is -1.43. The molecule has 5 nitrogen and oxygen atoms in total. The fraction of sp³-hybridized carbons (Fsp3) is 0.286. The van der Waals surface area contributed by atoms with Crippen molar-refractivity contribution in [2.24, 2.45) is 5.10 Å². The SMILES string of the molecule is C/C=C(\C=N/NC)c1nsc(N)n1. The van der Waals surface area contributed by atoms with Crippen molar-refractivity contribution in [3.8, 4) is 0 Å².